The van der Waals surface area contributed by atoms with E-state index in [-0.39, 0.29) is 5.91 Å². The number of carbonyl (C=O) groups excluding carboxylic acids is 1. The van der Waals surface area contributed by atoms with Crippen LogP contribution >= 0.6 is 23.2 Å². The zero-order valence-corrected chi connectivity index (χ0v) is 15.0. The summed E-state index contributed by atoms with van der Waals surface area (Å²) in [5.74, 6) is 0.123. The molecule has 128 valence electrons. The van der Waals surface area contributed by atoms with Gasteiger partial charge in [-0.05, 0) is 48.2 Å². The average molecular weight is 374 g/mol. The molecule has 6 heteroatoms. The molecule has 0 unspecified atom stereocenters. The lowest BCUT2D eigenvalue weighted by molar-refractivity contribution is -0.131. The van der Waals surface area contributed by atoms with E-state index >= 15 is 0 Å². The van der Waals surface area contributed by atoms with Crippen molar-refractivity contribution in [2.45, 2.75) is 31.8 Å². The summed E-state index contributed by atoms with van der Waals surface area (Å²) in [7, 11) is 0. The first kappa shape index (κ1) is 16.4. The van der Waals surface area contributed by atoms with Crippen LogP contribution < -0.4 is 0 Å². The van der Waals surface area contributed by atoms with E-state index in [1.807, 2.05) is 35.4 Å². The van der Waals surface area contributed by atoms with Crippen molar-refractivity contribution < 1.29 is 4.79 Å². The number of nitrogens with one attached hydrogen (secondary N) is 1. The van der Waals surface area contributed by atoms with Crippen LogP contribution in [0.3, 0.4) is 0 Å². The number of hydrogen-bond acceptors (Lipinski definition) is 2. The van der Waals surface area contributed by atoms with E-state index in [9.17, 15) is 4.79 Å². The molecule has 1 saturated carbocycles. The van der Waals surface area contributed by atoms with Crippen LogP contribution in [0.15, 0.2) is 42.7 Å². The maximum atomic E-state index is 12.9. The summed E-state index contributed by atoms with van der Waals surface area (Å²) < 4.78 is 0. The maximum absolute atomic E-state index is 12.9. The van der Waals surface area contributed by atoms with E-state index in [2.05, 4.69) is 9.97 Å². The summed E-state index contributed by atoms with van der Waals surface area (Å²) >= 11 is 12.1. The summed E-state index contributed by atoms with van der Waals surface area (Å²) in [4.78, 5) is 22.3. The Morgan fingerprint density at radius 3 is 2.84 bits per heavy atom. The molecule has 0 spiro atoms. The molecule has 1 amide bonds. The predicted octanol–water partition coefficient (Wildman–Crippen LogP) is 4.60. The summed E-state index contributed by atoms with van der Waals surface area (Å²) in [5.41, 5.74) is 2.79. The van der Waals surface area contributed by atoms with Gasteiger partial charge in [0.15, 0.2) is 0 Å². The SMILES string of the molecule is O=C(Cc1c[nH]c2ncccc12)N(Cc1ccc(Cl)c(Cl)c1)C1CC1. The van der Waals surface area contributed by atoms with Crippen LogP contribution in [0.1, 0.15) is 24.0 Å². The third kappa shape index (κ3) is 3.51. The maximum Gasteiger partial charge on any atom is 0.227 e. The molecule has 2 aromatic heterocycles. The molecule has 4 nitrogen and oxygen atoms in total. The fourth-order valence-corrected chi connectivity index (χ4v) is 3.39. The molecular formula is C19H17Cl2N3O. The topological polar surface area (TPSA) is 49.0 Å². The molecule has 1 aliphatic carbocycles. The van der Waals surface area contributed by atoms with Crippen molar-refractivity contribution in [3.8, 4) is 0 Å². The molecule has 3 aromatic rings. The number of fused-ring (bicyclic) bond motifs is 1. The van der Waals surface area contributed by atoms with Crippen molar-refractivity contribution in [2.24, 2.45) is 0 Å². The minimum Gasteiger partial charge on any atom is -0.346 e. The first-order valence-electron chi connectivity index (χ1n) is 8.26. The standard InChI is InChI=1S/C19H17Cl2N3O/c20-16-6-3-12(8-17(16)21)11-24(14-4-5-14)18(25)9-13-10-23-19-15(13)2-1-7-22-19/h1-3,6-8,10,14H,4-5,9,11H2,(H,22,23). The Hall–Kier alpha value is -2.04. The number of halogens is 2. The molecule has 1 fully saturated rings. The highest BCUT2D eigenvalue weighted by Crippen LogP contribution is 2.31. The highest BCUT2D eigenvalue weighted by molar-refractivity contribution is 6.42. The number of benzene rings is 1. The van der Waals surface area contributed by atoms with Gasteiger partial charge >= 0.3 is 0 Å². The minimum atomic E-state index is 0.123. The zero-order chi connectivity index (χ0) is 17.4. The normalized spacial score (nSPS) is 14.0. The molecule has 25 heavy (non-hydrogen) atoms. The first-order chi connectivity index (χ1) is 12.1. The van der Waals surface area contributed by atoms with Gasteiger partial charge < -0.3 is 9.88 Å². The van der Waals surface area contributed by atoms with Crippen molar-refractivity contribution in [1.29, 1.82) is 0 Å². The Labute approximate surface area is 155 Å². The third-order valence-corrected chi connectivity index (χ3v) is 5.26. The van der Waals surface area contributed by atoms with Gasteiger partial charge in [0.1, 0.15) is 5.65 Å². The molecule has 1 aliphatic rings. The molecule has 2 heterocycles. The van der Waals surface area contributed by atoms with Crippen LogP contribution in [0.5, 0.6) is 0 Å². The second-order valence-corrected chi connectivity index (χ2v) is 7.21. The Kier molecular flexibility index (Phi) is 4.40. The minimum absolute atomic E-state index is 0.123. The van der Waals surface area contributed by atoms with Crippen LogP contribution in [0.2, 0.25) is 10.0 Å². The third-order valence-electron chi connectivity index (χ3n) is 4.52. The van der Waals surface area contributed by atoms with Crippen molar-refractivity contribution in [3.63, 3.8) is 0 Å². The van der Waals surface area contributed by atoms with Gasteiger partial charge in [0.25, 0.3) is 0 Å². The molecule has 0 radical (unpaired) electrons. The van der Waals surface area contributed by atoms with Crippen molar-refractivity contribution in [1.82, 2.24) is 14.9 Å². The molecule has 0 bridgehead atoms. The Bertz CT molecular complexity index is 933. The fourth-order valence-electron chi connectivity index (χ4n) is 3.07. The quantitative estimate of drug-likeness (QED) is 0.709. The number of aromatic nitrogens is 2. The number of nitrogens with zero attached hydrogens (tertiary/aromatic N) is 2. The van der Waals surface area contributed by atoms with Gasteiger partial charge in [0.05, 0.1) is 16.5 Å². The van der Waals surface area contributed by atoms with Crippen LogP contribution in [-0.4, -0.2) is 26.8 Å². The Balaban J connectivity index is 1.54. The lowest BCUT2D eigenvalue weighted by Crippen LogP contribution is -2.33. The van der Waals surface area contributed by atoms with Crippen LogP contribution in [-0.2, 0) is 17.8 Å². The zero-order valence-electron chi connectivity index (χ0n) is 13.5. The van der Waals surface area contributed by atoms with E-state index in [0.29, 0.717) is 29.1 Å². The van der Waals surface area contributed by atoms with E-state index in [1.54, 1.807) is 12.3 Å². The highest BCUT2D eigenvalue weighted by atomic mass is 35.5. The van der Waals surface area contributed by atoms with E-state index in [4.69, 9.17) is 23.2 Å². The number of rotatable bonds is 5. The molecule has 1 N–H and O–H groups in total. The van der Waals surface area contributed by atoms with Crippen LogP contribution in [0, 0.1) is 0 Å². The lowest BCUT2D eigenvalue weighted by atomic mass is 10.1. The number of carbonyl (C=O) groups is 1. The Morgan fingerprint density at radius 1 is 1.24 bits per heavy atom. The summed E-state index contributed by atoms with van der Waals surface area (Å²) in [6.45, 7) is 0.557. The Morgan fingerprint density at radius 2 is 2.08 bits per heavy atom. The van der Waals surface area contributed by atoms with Gasteiger partial charge in [-0.3, -0.25) is 4.79 Å². The van der Waals surface area contributed by atoms with Gasteiger partial charge in [0.2, 0.25) is 5.91 Å². The highest BCUT2D eigenvalue weighted by Gasteiger charge is 2.32. The van der Waals surface area contributed by atoms with Gasteiger partial charge in [-0.25, -0.2) is 4.98 Å². The van der Waals surface area contributed by atoms with Gasteiger partial charge in [-0.1, -0.05) is 29.3 Å². The molecule has 0 atom stereocenters. The molecular weight excluding hydrogens is 357 g/mol. The molecule has 1 aromatic carbocycles. The van der Waals surface area contributed by atoms with Gasteiger partial charge in [-0.2, -0.15) is 0 Å². The van der Waals surface area contributed by atoms with Crippen LogP contribution in [0.25, 0.3) is 11.0 Å². The monoisotopic (exact) mass is 373 g/mol. The number of amides is 1. The molecule has 0 aliphatic heterocycles. The average Bonchev–Trinajstić information content (AvgIpc) is 3.37. The van der Waals surface area contributed by atoms with Crippen molar-refractivity contribution >= 4 is 40.1 Å². The van der Waals surface area contributed by atoms with E-state index < -0.39 is 0 Å². The number of H-pyrrole nitrogens is 1. The lowest BCUT2D eigenvalue weighted by Gasteiger charge is -2.23. The number of aromatic amines is 1. The van der Waals surface area contributed by atoms with Crippen molar-refractivity contribution in [2.75, 3.05) is 0 Å². The van der Waals surface area contributed by atoms with Crippen molar-refractivity contribution in [3.05, 3.63) is 63.9 Å². The van der Waals surface area contributed by atoms with E-state index in [0.717, 1.165) is 35.0 Å². The van der Waals surface area contributed by atoms with Crippen LogP contribution in [0.4, 0.5) is 0 Å². The summed E-state index contributed by atoms with van der Waals surface area (Å²) in [6.07, 6.45) is 6.10. The van der Waals surface area contributed by atoms with E-state index in [1.165, 1.54) is 0 Å². The van der Waals surface area contributed by atoms with Gasteiger partial charge in [0, 0.05) is 30.4 Å². The first-order valence-corrected chi connectivity index (χ1v) is 9.02. The largest absolute Gasteiger partial charge is 0.346 e. The molecule has 4 rings (SSSR count). The number of pyridine rings is 1. The smallest absolute Gasteiger partial charge is 0.227 e. The summed E-state index contributed by atoms with van der Waals surface area (Å²) in [6, 6.07) is 9.74. The fraction of sp³-hybridized carbons (Fsp3) is 0.263. The second kappa shape index (κ2) is 6.70. The van der Waals surface area contributed by atoms with Gasteiger partial charge in [-0.15, -0.1) is 0 Å². The predicted molar refractivity (Wildman–Crippen MR) is 99.8 cm³/mol. The summed E-state index contributed by atoms with van der Waals surface area (Å²) in [5, 5.41) is 2.05. The number of hydrogen-bond donors (Lipinski definition) is 1. The second-order valence-electron chi connectivity index (χ2n) is 6.39. The molecule has 0 saturated heterocycles.